The van der Waals surface area contributed by atoms with Gasteiger partial charge in [0.2, 0.25) is 0 Å². The van der Waals surface area contributed by atoms with Gasteiger partial charge in [0.25, 0.3) is 0 Å². The van der Waals surface area contributed by atoms with E-state index < -0.39 is 11.8 Å². The number of benzene rings is 1. The second-order valence-corrected chi connectivity index (χ2v) is 6.33. The third-order valence-corrected chi connectivity index (χ3v) is 4.89. The summed E-state index contributed by atoms with van der Waals surface area (Å²) in [6.45, 7) is 0.671. The first-order valence-electron chi connectivity index (χ1n) is 7.48. The number of rotatable bonds is 2. The normalized spacial score (nSPS) is 33.9. The standard InChI is InChI=1S/C16H20F3NO/c17-16(18,19)15(21)9-13-7-4-8-14(10-15)20(13)11-12-5-2-1-3-6-12/h1-3,5-6,13-14,21H,4,7-11H2/t13-,14+,15?. The lowest BCUT2D eigenvalue weighted by molar-refractivity contribution is -0.286. The number of hydrogen-bond donors (Lipinski definition) is 1. The van der Waals surface area contributed by atoms with Gasteiger partial charge in [-0.1, -0.05) is 36.8 Å². The SMILES string of the molecule is OC1(C(F)(F)F)C[C@H]2CCC[C@@H](C1)N2Cc1ccccc1. The van der Waals surface area contributed by atoms with Gasteiger partial charge in [0.15, 0.2) is 5.60 Å². The summed E-state index contributed by atoms with van der Waals surface area (Å²) < 4.78 is 39.4. The summed E-state index contributed by atoms with van der Waals surface area (Å²) in [5, 5.41) is 10.0. The Bertz CT molecular complexity index is 474. The fourth-order valence-electron chi connectivity index (χ4n) is 3.80. The summed E-state index contributed by atoms with van der Waals surface area (Å²) in [6, 6.07) is 9.47. The van der Waals surface area contributed by atoms with Crippen LogP contribution in [0.25, 0.3) is 0 Å². The number of hydrogen-bond acceptors (Lipinski definition) is 2. The Labute approximate surface area is 122 Å². The van der Waals surface area contributed by atoms with Crippen molar-refractivity contribution in [1.29, 1.82) is 0 Å². The molecular formula is C16H20F3NO. The van der Waals surface area contributed by atoms with Crippen LogP contribution in [0.15, 0.2) is 30.3 Å². The van der Waals surface area contributed by atoms with Crippen LogP contribution in [0.4, 0.5) is 13.2 Å². The Hall–Kier alpha value is -1.07. The minimum atomic E-state index is -4.53. The average molecular weight is 299 g/mol. The Morgan fingerprint density at radius 1 is 1.10 bits per heavy atom. The van der Waals surface area contributed by atoms with E-state index in [0.717, 1.165) is 24.8 Å². The predicted octanol–water partition coefficient (Wildman–Crippen LogP) is 3.50. The van der Waals surface area contributed by atoms with E-state index in [0.29, 0.717) is 6.54 Å². The van der Waals surface area contributed by atoms with Gasteiger partial charge in [-0.3, -0.25) is 4.90 Å². The van der Waals surface area contributed by atoms with E-state index in [-0.39, 0.29) is 24.9 Å². The van der Waals surface area contributed by atoms with Crippen molar-refractivity contribution in [3.63, 3.8) is 0 Å². The molecule has 1 aromatic carbocycles. The van der Waals surface area contributed by atoms with Gasteiger partial charge in [-0.15, -0.1) is 0 Å². The van der Waals surface area contributed by atoms with Crippen LogP contribution in [0.2, 0.25) is 0 Å². The molecule has 1 N–H and O–H groups in total. The molecule has 2 heterocycles. The number of nitrogens with zero attached hydrogens (tertiary/aromatic N) is 1. The minimum absolute atomic E-state index is 0.177. The first kappa shape index (κ1) is 14.9. The molecule has 116 valence electrons. The van der Waals surface area contributed by atoms with E-state index in [9.17, 15) is 18.3 Å². The van der Waals surface area contributed by atoms with Gasteiger partial charge in [-0.2, -0.15) is 13.2 Å². The quantitative estimate of drug-likeness (QED) is 0.903. The van der Waals surface area contributed by atoms with Crippen LogP contribution in [0, 0.1) is 0 Å². The van der Waals surface area contributed by atoms with Gasteiger partial charge < -0.3 is 5.11 Å². The highest BCUT2D eigenvalue weighted by Crippen LogP contribution is 2.47. The van der Waals surface area contributed by atoms with Crippen LogP contribution >= 0.6 is 0 Å². The van der Waals surface area contributed by atoms with E-state index in [1.807, 2.05) is 30.3 Å². The first-order valence-corrected chi connectivity index (χ1v) is 7.48. The van der Waals surface area contributed by atoms with E-state index >= 15 is 0 Å². The molecule has 0 radical (unpaired) electrons. The lowest BCUT2D eigenvalue weighted by Gasteiger charge is -2.52. The highest BCUT2D eigenvalue weighted by atomic mass is 19.4. The van der Waals surface area contributed by atoms with Crippen molar-refractivity contribution >= 4 is 0 Å². The number of fused-ring (bicyclic) bond motifs is 2. The molecule has 3 rings (SSSR count). The molecule has 2 aliphatic heterocycles. The van der Waals surface area contributed by atoms with E-state index in [2.05, 4.69) is 4.90 Å². The van der Waals surface area contributed by atoms with Crippen LogP contribution in [-0.4, -0.2) is 33.9 Å². The third kappa shape index (κ3) is 2.81. The van der Waals surface area contributed by atoms with E-state index in [1.54, 1.807) is 0 Å². The van der Waals surface area contributed by atoms with Crippen LogP contribution < -0.4 is 0 Å². The Morgan fingerprint density at radius 2 is 1.67 bits per heavy atom. The maximum absolute atomic E-state index is 13.1. The fraction of sp³-hybridized carbons (Fsp3) is 0.625. The number of aliphatic hydroxyl groups is 1. The van der Waals surface area contributed by atoms with Crippen molar-refractivity contribution in [2.24, 2.45) is 0 Å². The zero-order valence-corrected chi connectivity index (χ0v) is 11.8. The molecule has 1 aromatic rings. The molecule has 5 heteroatoms. The lowest BCUT2D eigenvalue weighted by Crippen LogP contribution is -2.62. The monoisotopic (exact) mass is 299 g/mol. The number of piperidine rings is 2. The number of alkyl halides is 3. The molecular weight excluding hydrogens is 279 g/mol. The average Bonchev–Trinajstić information content (AvgIpc) is 2.40. The molecule has 0 saturated carbocycles. The van der Waals surface area contributed by atoms with Crippen molar-refractivity contribution in [3.8, 4) is 0 Å². The van der Waals surface area contributed by atoms with E-state index in [4.69, 9.17) is 0 Å². The topological polar surface area (TPSA) is 23.5 Å². The smallest absolute Gasteiger partial charge is 0.380 e. The first-order chi connectivity index (χ1) is 9.89. The molecule has 2 bridgehead atoms. The van der Waals surface area contributed by atoms with Gasteiger partial charge in [-0.05, 0) is 18.4 Å². The maximum Gasteiger partial charge on any atom is 0.417 e. The maximum atomic E-state index is 13.1. The van der Waals surface area contributed by atoms with Crippen molar-refractivity contribution < 1.29 is 18.3 Å². The second kappa shape index (κ2) is 5.29. The van der Waals surface area contributed by atoms with Gasteiger partial charge in [0.1, 0.15) is 0 Å². The summed E-state index contributed by atoms with van der Waals surface area (Å²) >= 11 is 0. The van der Waals surface area contributed by atoms with Gasteiger partial charge in [-0.25, -0.2) is 0 Å². The van der Waals surface area contributed by atoms with Crippen molar-refractivity contribution in [2.45, 2.75) is 62.5 Å². The molecule has 2 saturated heterocycles. The molecule has 2 nitrogen and oxygen atoms in total. The van der Waals surface area contributed by atoms with Crippen molar-refractivity contribution in [1.82, 2.24) is 4.90 Å². The Kier molecular flexibility index (Phi) is 3.74. The zero-order chi connectivity index (χ0) is 15.1. The highest BCUT2D eigenvalue weighted by molar-refractivity contribution is 5.16. The summed E-state index contributed by atoms with van der Waals surface area (Å²) in [6.07, 6.45) is -2.49. The molecule has 21 heavy (non-hydrogen) atoms. The van der Waals surface area contributed by atoms with Crippen LogP contribution in [0.3, 0.4) is 0 Å². The van der Waals surface area contributed by atoms with Crippen LogP contribution in [-0.2, 0) is 6.54 Å². The second-order valence-electron chi connectivity index (χ2n) is 6.33. The highest BCUT2D eigenvalue weighted by Gasteiger charge is 2.59. The van der Waals surface area contributed by atoms with Crippen molar-refractivity contribution in [3.05, 3.63) is 35.9 Å². The molecule has 3 atom stereocenters. The molecule has 1 unspecified atom stereocenters. The Balaban J connectivity index is 1.79. The molecule has 0 aromatic heterocycles. The summed E-state index contributed by atoms with van der Waals surface area (Å²) in [7, 11) is 0. The van der Waals surface area contributed by atoms with Crippen LogP contribution in [0.1, 0.15) is 37.7 Å². The molecule has 2 fully saturated rings. The predicted molar refractivity (Wildman–Crippen MR) is 73.7 cm³/mol. The molecule has 0 spiro atoms. The fourth-order valence-corrected chi connectivity index (χ4v) is 3.80. The largest absolute Gasteiger partial charge is 0.417 e. The van der Waals surface area contributed by atoms with Gasteiger partial charge in [0.05, 0.1) is 0 Å². The number of halogens is 3. The van der Waals surface area contributed by atoms with Crippen molar-refractivity contribution in [2.75, 3.05) is 0 Å². The van der Waals surface area contributed by atoms with E-state index in [1.165, 1.54) is 0 Å². The summed E-state index contributed by atoms with van der Waals surface area (Å²) in [5.41, 5.74) is -1.39. The van der Waals surface area contributed by atoms with Crippen LogP contribution in [0.5, 0.6) is 0 Å². The molecule has 0 aliphatic carbocycles. The Morgan fingerprint density at radius 3 is 2.19 bits per heavy atom. The zero-order valence-electron chi connectivity index (χ0n) is 11.8. The summed E-state index contributed by atoms with van der Waals surface area (Å²) in [5.74, 6) is 0. The van der Waals surface area contributed by atoms with Gasteiger partial charge >= 0.3 is 6.18 Å². The minimum Gasteiger partial charge on any atom is -0.380 e. The molecule has 2 aliphatic rings. The van der Waals surface area contributed by atoms with Gasteiger partial charge in [0, 0.05) is 31.5 Å². The summed E-state index contributed by atoms with van der Waals surface area (Å²) in [4.78, 5) is 2.17. The lowest BCUT2D eigenvalue weighted by atomic mass is 9.75. The third-order valence-electron chi connectivity index (χ3n) is 4.89. The molecule has 0 amide bonds.